The van der Waals surface area contributed by atoms with Crippen molar-refractivity contribution in [1.82, 2.24) is 16.0 Å². The highest BCUT2D eigenvalue weighted by Gasteiger charge is 2.32. The number of alkyl carbamates (subject to hydrolysis) is 1. The number of primary amides is 1. The van der Waals surface area contributed by atoms with E-state index in [1.807, 2.05) is 30.3 Å². The quantitative estimate of drug-likeness (QED) is 0.117. The lowest BCUT2D eigenvalue weighted by Crippen LogP contribution is -2.58. The minimum atomic E-state index is -0.972. The first-order valence-corrected chi connectivity index (χ1v) is 11.8. The zero-order valence-corrected chi connectivity index (χ0v) is 21.3. The van der Waals surface area contributed by atoms with Gasteiger partial charge < -0.3 is 37.9 Å². The molecule has 1 rings (SSSR count). The maximum Gasteiger partial charge on any atom is 0.408 e. The van der Waals surface area contributed by atoms with Gasteiger partial charge in [-0.3, -0.25) is 19.4 Å². The molecular weight excluding hydrogens is 466 g/mol. The molecule has 4 amide bonds. The Bertz CT molecular complexity index is 901. The summed E-state index contributed by atoms with van der Waals surface area (Å²) in [6.45, 7) is 7.32. The van der Waals surface area contributed by atoms with E-state index in [1.54, 1.807) is 27.7 Å². The summed E-state index contributed by atoms with van der Waals surface area (Å²) < 4.78 is 5.21. The third-order valence-corrected chi connectivity index (χ3v) is 5.29. The predicted molar refractivity (Wildman–Crippen MR) is 136 cm³/mol. The molecule has 12 nitrogen and oxygen atoms in total. The monoisotopic (exact) mass is 505 g/mol. The number of hydrogen-bond acceptors (Lipinski definition) is 6. The van der Waals surface area contributed by atoms with Crippen molar-refractivity contribution >= 4 is 29.8 Å². The highest BCUT2D eigenvalue weighted by atomic mass is 16.5. The minimum Gasteiger partial charge on any atom is -0.445 e. The van der Waals surface area contributed by atoms with Gasteiger partial charge in [-0.25, -0.2) is 4.79 Å². The molecular formula is C24H39N7O5. The van der Waals surface area contributed by atoms with Crippen LogP contribution in [0.1, 0.15) is 46.1 Å². The Morgan fingerprint density at radius 2 is 1.42 bits per heavy atom. The molecule has 0 aliphatic rings. The molecule has 0 bridgehead atoms. The van der Waals surface area contributed by atoms with E-state index in [0.29, 0.717) is 6.42 Å². The molecule has 3 unspecified atom stereocenters. The third-order valence-electron chi connectivity index (χ3n) is 5.29. The summed E-state index contributed by atoms with van der Waals surface area (Å²) in [7, 11) is 0. The van der Waals surface area contributed by atoms with Crippen molar-refractivity contribution in [2.24, 2.45) is 34.0 Å². The topological polar surface area (TPSA) is 204 Å². The fraction of sp³-hybridized carbons (Fsp3) is 0.542. The molecule has 0 aromatic heterocycles. The number of aliphatic imine (C=N–C) groups is 1. The number of guanidine groups is 1. The van der Waals surface area contributed by atoms with Gasteiger partial charge >= 0.3 is 6.09 Å². The molecule has 9 N–H and O–H groups in total. The fourth-order valence-corrected chi connectivity index (χ4v) is 3.26. The van der Waals surface area contributed by atoms with Crippen molar-refractivity contribution in [2.45, 2.75) is 65.3 Å². The zero-order chi connectivity index (χ0) is 27.3. The molecule has 0 aliphatic heterocycles. The van der Waals surface area contributed by atoms with Gasteiger partial charge in [0, 0.05) is 6.54 Å². The maximum absolute atomic E-state index is 13.0. The van der Waals surface area contributed by atoms with Crippen molar-refractivity contribution in [3.05, 3.63) is 35.9 Å². The number of nitrogens with two attached hydrogens (primary N) is 3. The second-order valence-corrected chi connectivity index (χ2v) is 9.07. The Morgan fingerprint density at radius 1 is 0.861 bits per heavy atom. The molecule has 0 radical (unpaired) electrons. The van der Waals surface area contributed by atoms with E-state index < -0.39 is 41.9 Å². The number of hydrogen-bond donors (Lipinski definition) is 6. The summed E-state index contributed by atoms with van der Waals surface area (Å²) in [4.78, 5) is 53.9. The molecule has 0 aliphatic carbocycles. The van der Waals surface area contributed by atoms with Crippen LogP contribution in [0, 0.1) is 11.8 Å². The summed E-state index contributed by atoms with van der Waals surface area (Å²) in [5.74, 6) is -2.53. The number of nitrogens with zero attached hydrogens (tertiary/aromatic N) is 1. The van der Waals surface area contributed by atoms with Crippen molar-refractivity contribution in [3.63, 3.8) is 0 Å². The number of carbonyl (C=O) groups excluding carboxylic acids is 4. The molecule has 0 fully saturated rings. The standard InChI is InChI=1S/C24H39N7O5/c1-14(2)18(21(33)29-17(20(25)32)11-8-12-28-23(26)27)30-22(34)19(15(3)4)31-24(35)36-13-16-9-6-5-7-10-16/h5-7,9-10,14-15,17-19H,8,11-13H2,1-4H3,(H2,25,32)(H,29,33)(H,30,34)(H,31,35)(H4,26,27,28). The SMILES string of the molecule is CC(C)C(NC(=O)OCc1ccccc1)C(=O)NC(C(=O)NC(CCCN=C(N)N)C(N)=O)C(C)C. The van der Waals surface area contributed by atoms with E-state index in [9.17, 15) is 19.2 Å². The number of carbonyl (C=O) groups is 4. The zero-order valence-electron chi connectivity index (χ0n) is 21.3. The van der Waals surface area contributed by atoms with Crippen LogP contribution < -0.4 is 33.2 Å². The van der Waals surface area contributed by atoms with Crippen molar-refractivity contribution in [3.8, 4) is 0 Å². The predicted octanol–water partition coefficient (Wildman–Crippen LogP) is 0.102. The van der Waals surface area contributed by atoms with Crippen LogP contribution in [0.15, 0.2) is 35.3 Å². The van der Waals surface area contributed by atoms with Gasteiger partial charge in [-0.05, 0) is 30.2 Å². The Labute approximate surface area is 211 Å². The minimum absolute atomic E-state index is 0.0494. The van der Waals surface area contributed by atoms with Crippen molar-refractivity contribution in [1.29, 1.82) is 0 Å². The Morgan fingerprint density at radius 3 is 1.94 bits per heavy atom. The first-order chi connectivity index (χ1) is 16.9. The van der Waals surface area contributed by atoms with Crippen LogP contribution in [0.5, 0.6) is 0 Å². The lowest BCUT2D eigenvalue weighted by atomic mass is 9.99. The average Bonchev–Trinajstić information content (AvgIpc) is 2.81. The highest BCUT2D eigenvalue weighted by molar-refractivity contribution is 5.93. The lowest BCUT2D eigenvalue weighted by Gasteiger charge is -2.28. The van der Waals surface area contributed by atoms with E-state index in [0.717, 1.165) is 5.56 Å². The van der Waals surface area contributed by atoms with Crippen molar-refractivity contribution < 1.29 is 23.9 Å². The molecule has 0 saturated carbocycles. The third kappa shape index (κ3) is 11.1. The summed E-state index contributed by atoms with van der Waals surface area (Å²) in [5.41, 5.74) is 16.8. The van der Waals surface area contributed by atoms with E-state index in [2.05, 4.69) is 20.9 Å². The van der Waals surface area contributed by atoms with Crippen LogP contribution in [-0.2, 0) is 25.7 Å². The van der Waals surface area contributed by atoms with E-state index >= 15 is 0 Å². The smallest absolute Gasteiger partial charge is 0.408 e. The van der Waals surface area contributed by atoms with Crippen LogP contribution in [0.2, 0.25) is 0 Å². The van der Waals surface area contributed by atoms with Gasteiger partial charge in [0.15, 0.2) is 5.96 Å². The van der Waals surface area contributed by atoms with E-state index in [4.69, 9.17) is 21.9 Å². The van der Waals surface area contributed by atoms with Gasteiger partial charge in [-0.1, -0.05) is 58.0 Å². The first kappa shape index (κ1) is 30.2. The molecule has 1 aromatic carbocycles. The van der Waals surface area contributed by atoms with Crippen LogP contribution in [0.25, 0.3) is 0 Å². The lowest BCUT2D eigenvalue weighted by molar-refractivity contribution is -0.133. The molecule has 1 aromatic rings. The normalized spacial score (nSPS) is 13.3. The Kier molecular flexibility index (Phi) is 12.8. The summed E-state index contributed by atoms with van der Waals surface area (Å²) in [6.07, 6.45) is -0.123. The van der Waals surface area contributed by atoms with E-state index in [-0.39, 0.29) is 37.4 Å². The molecule has 36 heavy (non-hydrogen) atoms. The Hall–Kier alpha value is -3.83. The van der Waals surface area contributed by atoms with E-state index in [1.165, 1.54) is 0 Å². The van der Waals surface area contributed by atoms with Crippen LogP contribution in [0.3, 0.4) is 0 Å². The Balaban J connectivity index is 2.78. The highest BCUT2D eigenvalue weighted by Crippen LogP contribution is 2.09. The van der Waals surface area contributed by atoms with Crippen LogP contribution >= 0.6 is 0 Å². The number of rotatable bonds is 14. The molecule has 0 saturated heterocycles. The van der Waals surface area contributed by atoms with Crippen LogP contribution in [-0.4, -0.2) is 54.4 Å². The largest absolute Gasteiger partial charge is 0.445 e. The summed E-state index contributed by atoms with van der Waals surface area (Å²) >= 11 is 0. The van der Waals surface area contributed by atoms with Crippen LogP contribution in [0.4, 0.5) is 4.79 Å². The molecule has 3 atom stereocenters. The number of benzene rings is 1. The fourth-order valence-electron chi connectivity index (χ4n) is 3.26. The van der Waals surface area contributed by atoms with Gasteiger partial charge in [0.05, 0.1) is 0 Å². The molecule has 0 heterocycles. The van der Waals surface area contributed by atoms with Gasteiger partial charge in [-0.15, -0.1) is 0 Å². The second kappa shape index (κ2) is 15.2. The van der Waals surface area contributed by atoms with Gasteiger partial charge in [0.25, 0.3) is 0 Å². The summed E-state index contributed by atoms with van der Waals surface area (Å²) in [6, 6.07) is 6.24. The second-order valence-electron chi connectivity index (χ2n) is 9.07. The van der Waals surface area contributed by atoms with Crippen molar-refractivity contribution in [2.75, 3.05) is 6.54 Å². The van der Waals surface area contributed by atoms with Gasteiger partial charge in [0.1, 0.15) is 24.7 Å². The maximum atomic E-state index is 13.0. The van der Waals surface area contributed by atoms with Gasteiger partial charge in [-0.2, -0.15) is 0 Å². The molecule has 12 heteroatoms. The van der Waals surface area contributed by atoms with Gasteiger partial charge in [0.2, 0.25) is 17.7 Å². The molecule has 200 valence electrons. The number of ether oxygens (including phenoxy) is 1. The first-order valence-electron chi connectivity index (χ1n) is 11.8. The molecule has 0 spiro atoms. The average molecular weight is 506 g/mol. The summed E-state index contributed by atoms with van der Waals surface area (Å²) in [5, 5.41) is 7.82. The number of amides is 4. The number of nitrogens with one attached hydrogen (secondary N) is 3.